The lowest BCUT2D eigenvalue weighted by molar-refractivity contribution is 0.232. The van der Waals surface area contributed by atoms with Gasteiger partial charge in [-0.05, 0) is 36.5 Å². The first-order valence-electron chi connectivity index (χ1n) is 11.2. The Labute approximate surface area is 188 Å². The second kappa shape index (κ2) is 8.59. The Morgan fingerprint density at radius 3 is 2.50 bits per heavy atom. The van der Waals surface area contributed by atoms with Crippen LogP contribution in [0, 0.1) is 5.92 Å². The molecule has 2 N–H and O–H groups in total. The maximum atomic E-state index is 4.83. The molecule has 7 heteroatoms. The molecule has 32 heavy (non-hydrogen) atoms. The van der Waals surface area contributed by atoms with E-state index in [1.54, 1.807) is 5.12 Å². The van der Waals surface area contributed by atoms with Gasteiger partial charge in [-0.15, -0.1) is 10.2 Å². The number of hydrogen-bond acceptors (Lipinski definition) is 6. The maximum absolute atomic E-state index is 4.83. The summed E-state index contributed by atoms with van der Waals surface area (Å²) in [6, 6.07) is 19.6. The van der Waals surface area contributed by atoms with Crippen molar-refractivity contribution in [2.24, 2.45) is 16.0 Å². The van der Waals surface area contributed by atoms with E-state index in [0.29, 0.717) is 12.0 Å². The van der Waals surface area contributed by atoms with Crippen molar-refractivity contribution in [3.8, 4) is 11.1 Å². The monoisotopic (exact) mass is 427 g/mol. The second-order valence-corrected chi connectivity index (χ2v) is 8.53. The van der Waals surface area contributed by atoms with E-state index in [0.717, 1.165) is 42.0 Å². The Kier molecular flexibility index (Phi) is 5.49. The lowest BCUT2D eigenvalue weighted by atomic mass is 9.85. The summed E-state index contributed by atoms with van der Waals surface area (Å²) in [7, 11) is 1.89. The average molecular weight is 428 g/mol. The van der Waals surface area contributed by atoms with Crippen molar-refractivity contribution < 1.29 is 0 Å². The first-order valence-corrected chi connectivity index (χ1v) is 11.2. The highest BCUT2D eigenvalue weighted by Crippen LogP contribution is 2.36. The molecule has 2 atom stereocenters. The molecular formula is C25H29N7. The first-order chi connectivity index (χ1) is 15.6. The summed E-state index contributed by atoms with van der Waals surface area (Å²) in [5.41, 5.74) is 12.1. The molecule has 0 saturated carbocycles. The number of aromatic nitrogens is 2. The van der Waals surface area contributed by atoms with Crippen LogP contribution in [0.15, 0.2) is 70.9 Å². The van der Waals surface area contributed by atoms with Crippen molar-refractivity contribution in [3.05, 3.63) is 71.9 Å². The standard InChI is InChI=1S/C25H29N7/c1-4-7-23-22(17(2)27-24-14-15-26-32(23)24)16-18-10-12-19(13-11-18)20-8-5-6-9-21(20)25-28-30-31(3)29-25/h5-6,8-15,22-23,30H,4,7,16H2,1-3H3,(H,28,29). The van der Waals surface area contributed by atoms with Crippen LogP contribution in [0.5, 0.6) is 0 Å². The first kappa shape index (κ1) is 20.5. The molecule has 3 heterocycles. The Hall–Kier alpha value is -3.45. The van der Waals surface area contributed by atoms with E-state index in [9.17, 15) is 0 Å². The minimum atomic E-state index is 0.360. The smallest absolute Gasteiger partial charge is 0.171 e. The minimum absolute atomic E-state index is 0.360. The molecule has 0 amide bonds. The van der Waals surface area contributed by atoms with E-state index in [4.69, 9.17) is 4.99 Å². The Morgan fingerprint density at radius 1 is 1.00 bits per heavy atom. The van der Waals surface area contributed by atoms with Crippen LogP contribution in [-0.2, 0) is 6.42 Å². The largest absolute Gasteiger partial charge is 0.282 e. The van der Waals surface area contributed by atoms with Crippen LogP contribution in [0.4, 0.5) is 5.82 Å². The van der Waals surface area contributed by atoms with Gasteiger partial charge in [0.1, 0.15) is 0 Å². The van der Waals surface area contributed by atoms with Crippen LogP contribution in [0.2, 0.25) is 0 Å². The number of fused-ring (bicyclic) bond motifs is 1. The predicted molar refractivity (Wildman–Crippen MR) is 129 cm³/mol. The highest BCUT2D eigenvalue weighted by Gasteiger charge is 2.31. The number of hydrazone groups is 1. The van der Waals surface area contributed by atoms with Crippen LogP contribution in [0.3, 0.4) is 0 Å². The van der Waals surface area contributed by atoms with Crippen molar-refractivity contribution in [1.82, 2.24) is 25.9 Å². The van der Waals surface area contributed by atoms with Crippen LogP contribution in [0.1, 0.15) is 43.9 Å². The fourth-order valence-electron chi connectivity index (χ4n) is 4.74. The lowest BCUT2D eigenvalue weighted by Gasteiger charge is -2.31. The number of hydrazine groups is 2. The molecule has 1 aromatic heterocycles. The molecule has 2 aliphatic rings. The van der Waals surface area contributed by atoms with E-state index in [1.807, 2.05) is 25.4 Å². The molecule has 0 spiro atoms. The van der Waals surface area contributed by atoms with Crippen LogP contribution in [0.25, 0.3) is 11.1 Å². The van der Waals surface area contributed by atoms with Gasteiger partial charge in [-0.3, -0.25) is 5.43 Å². The van der Waals surface area contributed by atoms with E-state index >= 15 is 0 Å². The van der Waals surface area contributed by atoms with E-state index in [-0.39, 0.29) is 0 Å². The summed E-state index contributed by atoms with van der Waals surface area (Å²) < 4.78 is 2.12. The van der Waals surface area contributed by atoms with Gasteiger partial charge >= 0.3 is 0 Å². The zero-order valence-corrected chi connectivity index (χ0v) is 18.8. The van der Waals surface area contributed by atoms with Gasteiger partial charge < -0.3 is 0 Å². The Balaban J connectivity index is 1.39. The summed E-state index contributed by atoms with van der Waals surface area (Å²) in [6.07, 6.45) is 5.06. The van der Waals surface area contributed by atoms with Gasteiger partial charge in [0.25, 0.3) is 0 Å². The van der Waals surface area contributed by atoms with Crippen molar-refractivity contribution in [1.29, 1.82) is 0 Å². The number of benzene rings is 2. The topological polar surface area (TPSA) is 69.8 Å². The molecule has 0 fully saturated rings. The summed E-state index contributed by atoms with van der Waals surface area (Å²) in [5.74, 6) is 2.16. The quantitative estimate of drug-likeness (QED) is 0.609. The molecule has 164 valence electrons. The number of amidine groups is 1. The van der Waals surface area contributed by atoms with E-state index in [1.165, 1.54) is 16.8 Å². The molecule has 2 aromatic carbocycles. The maximum Gasteiger partial charge on any atom is 0.171 e. The van der Waals surface area contributed by atoms with Crippen molar-refractivity contribution in [2.45, 2.75) is 39.2 Å². The molecule has 0 bridgehead atoms. The van der Waals surface area contributed by atoms with E-state index < -0.39 is 0 Å². The van der Waals surface area contributed by atoms with E-state index in [2.05, 4.69) is 82.2 Å². The van der Waals surface area contributed by atoms with Crippen LogP contribution in [-0.4, -0.2) is 33.5 Å². The molecule has 7 nitrogen and oxygen atoms in total. The summed E-state index contributed by atoms with van der Waals surface area (Å²) in [6.45, 7) is 4.40. The number of nitrogens with zero attached hydrogens (tertiary/aromatic N) is 5. The highest BCUT2D eigenvalue weighted by atomic mass is 15.9. The summed E-state index contributed by atoms with van der Waals surface area (Å²) in [4.78, 5) is 4.83. The minimum Gasteiger partial charge on any atom is -0.282 e. The zero-order chi connectivity index (χ0) is 22.1. The molecule has 0 radical (unpaired) electrons. The highest BCUT2D eigenvalue weighted by molar-refractivity contribution is 6.04. The number of hydrogen-bond donors (Lipinski definition) is 2. The van der Waals surface area contributed by atoms with Gasteiger partial charge in [0.05, 0.1) is 12.2 Å². The number of rotatable bonds is 6. The molecule has 2 unspecified atom stereocenters. The van der Waals surface area contributed by atoms with Gasteiger partial charge in [0, 0.05) is 30.3 Å². The van der Waals surface area contributed by atoms with Gasteiger partial charge in [-0.2, -0.15) is 5.10 Å². The van der Waals surface area contributed by atoms with Gasteiger partial charge in [-0.25, -0.2) is 15.2 Å². The van der Waals surface area contributed by atoms with Crippen molar-refractivity contribution in [2.75, 3.05) is 7.05 Å². The van der Waals surface area contributed by atoms with Crippen molar-refractivity contribution >= 4 is 17.4 Å². The lowest BCUT2D eigenvalue weighted by Crippen LogP contribution is -2.37. The SMILES string of the molecule is CCCC1C(Cc2ccc(-c3ccccc3C3=NNN(C)N3)cc2)C(C)=Nc2ccnn21. The third-order valence-corrected chi connectivity index (χ3v) is 6.33. The second-order valence-electron chi connectivity index (χ2n) is 8.53. The fourth-order valence-corrected chi connectivity index (χ4v) is 4.74. The Morgan fingerprint density at radius 2 is 1.78 bits per heavy atom. The van der Waals surface area contributed by atoms with Gasteiger partial charge in [-0.1, -0.05) is 61.9 Å². The molecule has 0 aliphatic carbocycles. The average Bonchev–Trinajstić information content (AvgIpc) is 3.45. The third kappa shape index (κ3) is 3.80. The molecule has 2 aliphatic heterocycles. The van der Waals surface area contributed by atoms with Crippen LogP contribution < -0.4 is 11.0 Å². The predicted octanol–water partition coefficient (Wildman–Crippen LogP) is 4.47. The normalized spacial score (nSPS) is 20.2. The molecular weight excluding hydrogens is 398 g/mol. The van der Waals surface area contributed by atoms with Crippen molar-refractivity contribution in [3.63, 3.8) is 0 Å². The summed E-state index contributed by atoms with van der Waals surface area (Å²) >= 11 is 0. The third-order valence-electron chi connectivity index (χ3n) is 6.33. The molecule has 3 aromatic rings. The Bertz CT molecular complexity index is 1160. The number of aliphatic imine (C=N–C) groups is 1. The molecule has 0 saturated heterocycles. The number of nitrogens with one attached hydrogen (secondary N) is 2. The van der Waals surface area contributed by atoms with Gasteiger partial charge in [0.15, 0.2) is 11.7 Å². The summed E-state index contributed by atoms with van der Waals surface area (Å²) in [5, 5.41) is 10.7. The fraction of sp³-hybridized carbons (Fsp3) is 0.320. The molecule has 5 rings (SSSR count). The van der Waals surface area contributed by atoms with Crippen LogP contribution >= 0.6 is 0 Å². The zero-order valence-electron chi connectivity index (χ0n) is 18.8. The van der Waals surface area contributed by atoms with Gasteiger partial charge in [0.2, 0.25) is 0 Å².